The van der Waals surface area contributed by atoms with Crippen LogP contribution in [0.25, 0.3) is 16.0 Å². The largest absolute Gasteiger partial charge is 0.463 e. The fourth-order valence-corrected chi connectivity index (χ4v) is 2.65. The molecule has 0 aromatic carbocycles. The summed E-state index contributed by atoms with van der Waals surface area (Å²) in [7, 11) is 0. The van der Waals surface area contributed by atoms with Crippen LogP contribution in [-0.4, -0.2) is 18.6 Å². The first-order valence-corrected chi connectivity index (χ1v) is 7.36. The van der Waals surface area contributed by atoms with E-state index in [1.807, 2.05) is 26.0 Å². The SMILES string of the molecule is CCOC(=O)C=C(C)c1ccc(CCC(C)N=[N+]=[N-])s1. The summed E-state index contributed by atoms with van der Waals surface area (Å²) in [4.78, 5) is 16.5. The van der Waals surface area contributed by atoms with Gasteiger partial charge in [-0.2, -0.15) is 0 Å². The van der Waals surface area contributed by atoms with Crippen molar-refractivity contribution in [2.45, 2.75) is 39.7 Å². The highest BCUT2D eigenvalue weighted by atomic mass is 32.1. The molecule has 0 radical (unpaired) electrons. The zero-order valence-electron chi connectivity index (χ0n) is 12.0. The lowest BCUT2D eigenvalue weighted by molar-refractivity contribution is -0.137. The number of nitrogens with zero attached hydrogens (tertiary/aromatic N) is 3. The molecule has 5 nitrogen and oxygen atoms in total. The lowest BCUT2D eigenvalue weighted by atomic mass is 10.1. The highest BCUT2D eigenvalue weighted by Crippen LogP contribution is 2.25. The van der Waals surface area contributed by atoms with Crippen molar-refractivity contribution in [3.63, 3.8) is 0 Å². The Kier molecular flexibility index (Phi) is 6.84. The molecule has 1 aromatic rings. The molecule has 0 N–H and O–H groups in total. The smallest absolute Gasteiger partial charge is 0.331 e. The van der Waals surface area contributed by atoms with Crippen LogP contribution in [0.3, 0.4) is 0 Å². The highest BCUT2D eigenvalue weighted by Gasteiger charge is 2.06. The lowest BCUT2D eigenvalue weighted by Crippen LogP contribution is -1.99. The van der Waals surface area contributed by atoms with Crippen LogP contribution in [0, 0.1) is 0 Å². The normalized spacial score (nSPS) is 12.7. The zero-order chi connectivity index (χ0) is 15.0. The molecule has 6 heteroatoms. The molecule has 0 aliphatic heterocycles. The molecular weight excluding hydrogens is 274 g/mol. The van der Waals surface area contributed by atoms with Gasteiger partial charge < -0.3 is 4.74 Å². The minimum atomic E-state index is -0.308. The van der Waals surface area contributed by atoms with Gasteiger partial charge in [0.25, 0.3) is 0 Å². The number of hydrogen-bond donors (Lipinski definition) is 0. The summed E-state index contributed by atoms with van der Waals surface area (Å²) in [5.41, 5.74) is 9.25. The lowest BCUT2D eigenvalue weighted by Gasteiger charge is -2.01. The average Bonchev–Trinajstić information content (AvgIpc) is 2.86. The van der Waals surface area contributed by atoms with Gasteiger partial charge in [0.1, 0.15) is 0 Å². The number of aryl methyl sites for hydroxylation is 1. The van der Waals surface area contributed by atoms with Gasteiger partial charge in [-0.15, -0.1) is 11.3 Å². The number of carbonyl (C=O) groups is 1. The molecular formula is C14H19N3O2S. The van der Waals surface area contributed by atoms with E-state index in [1.165, 1.54) is 11.0 Å². The van der Waals surface area contributed by atoms with Gasteiger partial charge in [-0.05, 0) is 49.9 Å². The number of azide groups is 1. The number of thiophene rings is 1. The van der Waals surface area contributed by atoms with Crippen molar-refractivity contribution in [3.05, 3.63) is 38.4 Å². The predicted octanol–water partition coefficient (Wildman–Crippen LogP) is 4.35. The van der Waals surface area contributed by atoms with E-state index in [0.29, 0.717) is 6.61 Å². The number of esters is 1. The summed E-state index contributed by atoms with van der Waals surface area (Å²) in [6.45, 7) is 5.97. The Balaban J connectivity index is 2.62. The van der Waals surface area contributed by atoms with Gasteiger partial charge >= 0.3 is 5.97 Å². The predicted molar refractivity (Wildman–Crippen MR) is 81.5 cm³/mol. The number of ether oxygens (including phenoxy) is 1. The number of carbonyl (C=O) groups excluding carboxylic acids is 1. The Morgan fingerprint density at radius 3 is 3.00 bits per heavy atom. The van der Waals surface area contributed by atoms with Crippen LogP contribution < -0.4 is 0 Å². The third-order valence-corrected chi connectivity index (χ3v) is 4.01. The minimum absolute atomic E-state index is 0.00159. The van der Waals surface area contributed by atoms with Crippen molar-refractivity contribution >= 4 is 22.9 Å². The van der Waals surface area contributed by atoms with Gasteiger partial charge in [0.15, 0.2) is 0 Å². The van der Waals surface area contributed by atoms with Crippen molar-refractivity contribution in [1.29, 1.82) is 0 Å². The molecule has 1 rings (SSSR count). The molecule has 0 saturated heterocycles. The monoisotopic (exact) mass is 293 g/mol. The second kappa shape index (κ2) is 8.40. The van der Waals surface area contributed by atoms with Gasteiger partial charge in [-0.25, -0.2) is 4.79 Å². The Morgan fingerprint density at radius 2 is 2.35 bits per heavy atom. The molecule has 0 amide bonds. The molecule has 0 saturated carbocycles. The Bertz CT molecular complexity index is 530. The van der Waals surface area contributed by atoms with Crippen LogP contribution in [0.5, 0.6) is 0 Å². The first-order chi connectivity index (χ1) is 9.56. The van der Waals surface area contributed by atoms with E-state index < -0.39 is 0 Å². The molecule has 0 bridgehead atoms. The van der Waals surface area contributed by atoms with E-state index in [9.17, 15) is 4.79 Å². The van der Waals surface area contributed by atoms with Crippen LogP contribution in [0.2, 0.25) is 0 Å². The molecule has 1 heterocycles. The maximum atomic E-state index is 11.4. The molecule has 0 aliphatic carbocycles. The molecule has 0 fully saturated rings. The zero-order valence-corrected chi connectivity index (χ0v) is 12.8. The standard InChI is InChI=1S/C14H19N3O2S/c1-4-19-14(18)9-10(2)13-8-7-12(20-13)6-5-11(3)16-17-15/h7-9,11H,4-6H2,1-3H3. The summed E-state index contributed by atoms with van der Waals surface area (Å²) < 4.78 is 4.89. The molecule has 1 aromatic heterocycles. The van der Waals surface area contributed by atoms with Gasteiger partial charge in [-0.3, -0.25) is 0 Å². The van der Waals surface area contributed by atoms with Crippen LogP contribution in [-0.2, 0) is 16.0 Å². The van der Waals surface area contributed by atoms with Crippen molar-refractivity contribution in [2.75, 3.05) is 6.61 Å². The molecule has 0 spiro atoms. The molecule has 108 valence electrons. The van der Waals surface area contributed by atoms with Gasteiger partial charge in [0.05, 0.1) is 6.61 Å². The van der Waals surface area contributed by atoms with E-state index in [0.717, 1.165) is 23.3 Å². The van der Waals surface area contributed by atoms with Gasteiger partial charge in [0, 0.05) is 26.8 Å². The summed E-state index contributed by atoms with van der Waals surface area (Å²) in [6.07, 6.45) is 3.21. The maximum absolute atomic E-state index is 11.4. The first-order valence-electron chi connectivity index (χ1n) is 6.55. The highest BCUT2D eigenvalue weighted by molar-refractivity contribution is 7.13. The Labute approximate surface area is 122 Å². The Hall–Kier alpha value is -1.78. The summed E-state index contributed by atoms with van der Waals surface area (Å²) >= 11 is 1.65. The van der Waals surface area contributed by atoms with Crippen LogP contribution in [0.15, 0.2) is 23.3 Å². The topological polar surface area (TPSA) is 75.1 Å². The summed E-state index contributed by atoms with van der Waals surface area (Å²) in [5.74, 6) is -0.308. The summed E-state index contributed by atoms with van der Waals surface area (Å²) in [5, 5.41) is 3.65. The fraction of sp³-hybridized carbons (Fsp3) is 0.500. The van der Waals surface area contributed by atoms with Crippen LogP contribution >= 0.6 is 11.3 Å². The van der Waals surface area contributed by atoms with Gasteiger partial charge in [0.2, 0.25) is 0 Å². The van der Waals surface area contributed by atoms with Crippen molar-refractivity contribution in [1.82, 2.24) is 0 Å². The molecule has 0 aliphatic rings. The third-order valence-electron chi connectivity index (χ3n) is 2.73. The number of rotatable bonds is 7. The third kappa shape index (κ3) is 5.47. The fourth-order valence-electron chi connectivity index (χ4n) is 1.65. The number of hydrogen-bond acceptors (Lipinski definition) is 4. The maximum Gasteiger partial charge on any atom is 0.331 e. The van der Waals surface area contributed by atoms with Crippen molar-refractivity contribution < 1.29 is 9.53 Å². The van der Waals surface area contributed by atoms with E-state index in [4.69, 9.17) is 10.3 Å². The van der Waals surface area contributed by atoms with E-state index in [1.54, 1.807) is 18.3 Å². The Morgan fingerprint density at radius 1 is 1.60 bits per heavy atom. The number of allylic oxidation sites excluding steroid dienone is 1. The average molecular weight is 293 g/mol. The molecule has 1 atom stereocenters. The van der Waals surface area contributed by atoms with Crippen LogP contribution in [0.1, 0.15) is 36.9 Å². The minimum Gasteiger partial charge on any atom is -0.463 e. The second-order valence-corrected chi connectivity index (χ2v) is 5.61. The van der Waals surface area contributed by atoms with Gasteiger partial charge in [-0.1, -0.05) is 12.0 Å². The molecule has 20 heavy (non-hydrogen) atoms. The van der Waals surface area contributed by atoms with E-state index >= 15 is 0 Å². The first kappa shape index (κ1) is 16.3. The van der Waals surface area contributed by atoms with Crippen molar-refractivity contribution in [3.8, 4) is 0 Å². The second-order valence-electron chi connectivity index (χ2n) is 4.44. The van der Waals surface area contributed by atoms with Crippen molar-refractivity contribution in [2.24, 2.45) is 5.11 Å². The van der Waals surface area contributed by atoms with Crippen LogP contribution in [0.4, 0.5) is 0 Å². The van der Waals surface area contributed by atoms with E-state index in [2.05, 4.69) is 10.0 Å². The van der Waals surface area contributed by atoms with E-state index in [-0.39, 0.29) is 12.0 Å². The quantitative estimate of drug-likeness (QED) is 0.246. The molecule has 1 unspecified atom stereocenters. The summed E-state index contributed by atoms with van der Waals surface area (Å²) in [6, 6.07) is 4.05.